The number of nitrogens with one attached hydrogen (secondary N) is 1. The summed E-state index contributed by atoms with van der Waals surface area (Å²) >= 11 is 0. The van der Waals surface area contributed by atoms with Crippen molar-refractivity contribution in [3.63, 3.8) is 0 Å². The highest BCUT2D eigenvalue weighted by atomic mass is 16.2. The van der Waals surface area contributed by atoms with Gasteiger partial charge in [0.05, 0.1) is 6.54 Å². The number of carbonyl (C=O) groups is 1. The molecule has 1 amide bonds. The Bertz CT molecular complexity index is 435. The topological polar surface area (TPSA) is 35.6 Å². The van der Waals surface area contributed by atoms with Gasteiger partial charge in [0.1, 0.15) is 6.17 Å². The van der Waals surface area contributed by atoms with Gasteiger partial charge in [0.2, 0.25) is 5.91 Å². The number of hydrogen-bond acceptors (Lipinski definition) is 3. The minimum Gasteiger partial charge on any atom is -0.321 e. The van der Waals surface area contributed by atoms with E-state index >= 15 is 0 Å². The monoisotopic (exact) mass is 275 g/mol. The van der Waals surface area contributed by atoms with Crippen molar-refractivity contribution in [3.8, 4) is 0 Å². The van der Waals surface area contributed by atoms with Crippen molar-refractivity contribution in [2.24, 2.45) is 0 Å². The SMILES string of the molecule is CCC(C)N(C)CCN1C(=O)CNC1c1ccccc1. The van der Waals surface area contributed by atoms with Gasteiger partial charge in [-0.15, -0.1) is 0 Å². The standard InChI is InChI=1S/C16H25N3O/c1-4-13(2)18(3)10-11-19-15(20)12-17-16(19)14-8-6-5-7-9-14/h5-9,13,16-17H,4,10-12H2,1-3H3. The first-order chi connectivity index (χ1) is 9.63. The number of rotatable bonds is 6. The van der Waals surface area contributed by atoms with Crippen LogP contribution in [-0.2, 0) is 4.79 Å². The molecule has 1 aliphatic rings. The Morgan fingerprint density at radius 3 is 2.75 bits per heavy atom. The van der Waals surface area contributed by atoms with E-state index in [-0.39, 0.29) is 12.1 Å². The number of nitrogens with zero attached hydrogens (tertiary/aromatic N) is 2. The summed E-state index contributed by atoms with van der Waals surface area (Å²) in [6.45, 7) is 6.53. The molecule has 110 valence electrons. The molecule has 0 radical (unpaired) electrons. The number of likely N-dealkylation sites (N-methyl/N-ethyl adjacent to an activating group) is 1. The average molecular weight is 275 g/mol. The van der Waals surface area contributed by atoms with Gasteiger partial charge in [0.25, 0.3) is 0 Å². The lowest BCUT2D eigenvalue weighted by atomic mass is 10.1. The second kappa shape index (κ2) is 6.86. The first-order valence-corrected chi connectivity index (χ1v) is 7.41. The normalized spacial score (nSPS) is 20.7. The van der Waals surface area contributed by atoms with Crippen molar-refractivity contribution < 1.29 is 4.79 Å². The van der Waals surface area contributed by atoms with Gasteiger partial charge in [0.15, 0.2) is 0 Å². The second-order valence-corrected chi connectivity index (χ2v) is 5.52. The van der Waals surface area contributed by atoms with Crippen LogP contribution in [0.1, 0.15) is 32.0 Å². The molecule has 2 unspecified atom stereocenters. The Morgan fingerprint density at radius 2 is 2.10 bits per heavy atom. The first kappa shape index (κ1) is 15.0. The molecule has 20 heavy (non-hydrogen) atoms. The second-order valence-electron chi connectivity index (χ2n) is 5.52. The lowest BCUT2D eigenvalue weighted by Gasteiger charge is -2.29. The Kier molecular flexibility index (Phi) is 5.15. The summed E-state index contributed by atoms with van der Waals surface area (Å²) in [5, 5.41) is 3.30. The summed E-state index contributed by atoms with van der Waals surface area (Å²) in [5.41, 5.74) is 1.16. The molecule has 0 bridgehead atoms. The predicted octanol–water partition coefficient (Wildman–Crippen LogP) is 1.85. The zero-order chi connectivity index (χ0) is 14.5. The van der Waals surface area contributed by atoms with Crippen molar-refractivity contribution in [3.05, 3.63) is 35.9 Å². The first-order valence-electron chi connectivity index (χ1n) is 7.41. The van der Waals surface area contributed by atoms with Gasteiger partial charge in [-0.2, -0.15) is 0 Å². The van der Waals surface area contributed by atoms with Crippen molar-refractivity contribution >= 4 is 5.91 Å². The van der Waals surface area contributed by atoms with Crippen LogP contribution >= 0.6 is 0 Å². The smallest absolute Gasteiger partial charge is 0.238 e. The average Bonchev–Trinajstić information content (AvgIpc) is 2.85. The highest BCUT2D eigenvalue weighted by Crippen LogP contribution is 2.21. The maximum absolute atomic E-state index is 12.1. The third kappa shape index (κ3) is 3.38. The van der Waals surface area contributed by atoms with E-state index in [1.165, 1.54) is 0 Å². The minimum absolute atomic E-state index is 0.0223. The van der Waals surface area contributed by atoms with Gasteiger partial charge in [-0.25, -0.2) is 0 Å². The van der Waals surface area contributed by atoms with Gasteiger partial charge >= 0.3 is 0 Å². The van der Waals surface area contributed by atoms with Crippen LogP contribution in [0.15, 0.2) is 30.3 Å². The summed E-state index contributed by atoms with van der Waals surface area (Å²) in [5.74, 6) is 0.191. The molecule has 2 rings (SSSR count). The maximum Gasteiger partial charge on any atom is 0.238 e. The lowest BCUT2D eigenvalue weighted by Crippen LogP contribution is -2.39. The molecular weight excluding hydrogens is 250 g/mol. The molecule has 1 heterocycles. The highest BCUT2D eigenvalue weighted by Gasteiger charge is 2.31. The molecule has 1 N–H and O–H groups in total. The third-order valence-electron chi connectivity index (χ3n) is 4.23. The van der Waals surface area contributed by atoms with Crippen molar-refractivity contribution in [1.29, 1.82) is 0 Å². The number of carbonyl (C=O) groups excluding carboxylic acids is 1. The van der Waals surface area contributed by atoms with E-state index in [2.05, 4.69) is 43.2 Å². The molecule has 1 aromatic rings. The number of amides is 1. The van der Waals surface area contributed by atoms with Gasteiger partial charge in [-0.05, 0) is 26.0 Å². The molecule has 1 aliphatic heterocycles. The molecule has 1 aromatic carbocycles. The van der Waals surface area contributed by atoms with Gasteiger partial charge < -0.3 is 9.80 Å². The van der Waals surface area contributed by atoms with E-state index in [1.54, 1.807) is 0 Å². The van der Waals surface area contributed by atoms with Crippen LogP contribution in [0.3, 0.4) is 0 Å². The predicted molar refractivity (Wildman–Crippen MR) is 81.3 cm³/mol. The molecule has 1 saturated heterocycles. The molecule has 4 nitrogen and oxygen atoms in total. The molecule has 0 spiro atoms. The van der Waals surface area contributed by atoms with Crippen LogP contribution in [0.25, 0.3) is 0 Å². The van der Waals surface area contributed by atoms with E-state index in [1.807, 2.05) is 23.1 Å². The van der Waals surface area contributed by atoms with Crippen LogP contribution in [0.4, 0.5) is 0 Å². The summed E-state index contributed by atoms with van der Waals surface area (Å²) in [4.78, 5) is 16.3. The van der Waals surface area contributed by atoms with Crippen LogP contribution in [0.2, 0.25) is 0 Å². The largest absolute Gasteiger partial charge is 0.321 e. The molecule has 0 saturated carbocycles. The Balaban J connectivity index is 1.99. The molecular formula is C16H25N3O. The summed E-state index contributed by atoms with van der Waals surface area (Å²) in [7, 11) is 2.12. The van der Waals surface area contributed by atoms with E-state index in [4.69, 9.17) is 0 Å². The highest BCUT2D eigenvalue weighted by molar-refractivity contribution is 5.80. The Morgan fingerprint density at radius 1 is 1.40 bits per heavy atom. The molecule has 0 aliphatic carbocycles. The third-order valence-corrected chi connectivity index (χ3v) is 4.23. The fourth-order valence-corrected chi connectivity index (χ4v) is 2.52. The fourth-order valence-electron chi connectivity index (χ4n) is 2.52. The van der Waals surface area contributed by atoms with E-state index in [0.29, 0.717) is 12.6 Å². The summed E-state index contributed by atoms with van der Waals surface area (Å²) < 4.78 is 0. The van der Waals surface area contributed by atoms with Crippen LogP contribution in [0.5, 0.6) is 0 Å². The van der Waals surface area contributed by atoms with E-state index < -0.39 is 0 Å². The van der Waals surface area contributed by atoms with Crippen LogP contribution in [-0.4, -0.2) is 48.4 Å². The van der Waals surface area contributed by atoms with E-state index in [0.717, 1.165) is 25.1 Å². The van der Waals surface area contributed by atoms with Gasteiger partial charge in [-0.1, -0.05) is 37.3 Å². The summed E-state index contributed by atoms with van der Waals surface area (Å²) in [6, 6.07) is 10.7. The molecule has 0 aromatic heterocycles. The number of hydrogen-bond donors (Lipinski definition) is 1. The minimum atomic E-state index is 0.0223. The van der Waals surface area contributed by atoms with Crippen LogP contribution in [0, 0.1) is 0 Å². The quantitative estimate of drug-likeness (QED) is 0.860. The van der Waals surface area contributed by atoms with Crippen molar-refractivity contribution in [2.75, 3.05) is 26.7 Å². The van der Waals surface area contributed by atoms with Gasteiger partial charge in [-0.3, -0.25) is 10.1 Å². The zero-order valence-corrected chi connectivity index (χ0v) is 12.7. The Labute approximate surface area is 121 Å². The fraction of sp³-hybridized carbons (Fsp3) is 0.562. The summed E-state index contributed by atoms with van der Waals surface area (Å²) in [6.07, 6.45) is 1.15. The molecule has 1 fully saturated rings. The molecule has 2 atom stereocenters. The lowest BCUT2D eigenvalue weighted by molar-refractivity contribution is -0.128. The molecule has 4 heteroatoms. The Hall–Kier alpha value is -1.39. The van der Waals surface area contributed by atoms with Gasteiger partial charge in [0, 0.05) is 19.1 Å². The zero-order valence-electron chi connectivity index (χ0n) is 12.7. The number of benzene rings is 1. The van der Waals surface area contributed by atoms with E-state index in [9.17, 15) is 4.79 Å². The van der Waals surface area contributed by atoms with Crippen molar-refractivity contribution in [1.82, 2.24) is 15.1 Å². The van der Waals surface area contributed by atoms with Crippen LogP contribution < -0.4 is 5.32 Å². The maximum atomic E-state index is 12.1. The van der Waals surface area contributed by atoms with Crippen molar-refractivity contribution in [2.45, 2.75) is 32.5 Å².